The van der Waals surface area contributed by atoms with Gasteiger partial charge in [-0.15, -0.1) is 0 Å². The van der Waals surface area contributed by atoms with Crippen LogP contribution in [-0.2, 0) is 0 Å². The third-order valence-corrected chi connectivity index (χ3v) is 21.2. The zero-order chi connectivity index (χ0) is 29.7. The lowest BCUT2D eigenvalue weighted by Gasteiger charge is -2.47. The van der Waals surface area contributed by atoms with E-state index in [1.807, 2.05) is 0 Å². The van der Waals surface area contributed by atoms with E-state index in [1.54, 1.807) is 10.4 Å². The topological polar surface area (TPSA) is 0 Å². The van der Waals surface area contributed by atoms with Gasteiger partial charge >= 0.3 is 0 Å². The number of rotatable bonds is 8. The third kappa shape index (κ3) is 4.93. The molecule has 0 amide bonds. The molecule has 3 aliphatic carbocycles. The van der Waals surface area contributed by atoms with Gasteiger partial charge < -0.3 is 0 Å². The molecule has 0 spiro atoms. The Morgan fingerprint density at radius 3 is 1.23 bits per heavy atom. The lowest BCUT2D eigenvalue weighted by atomic mass is 10.1. The molecule has 0 aliphatic heterocycles. The lowest BCUT2D eigenvalue weighted by Crippen LogP contribution is -2.70. The first-order valence-corrected chi connectivity index (χ1v) is 20.4. The number of benzene rings is 4. The quantitative estimate of drug-likeness (QED) is 0.142. The highest BCUT2D eigenvalue weighted by Gasteiger charge is 2.52. The second kappa shape index (κ2) is 12.8. The molecule has 0 radical (unpaired) electrons. The normalized spacial score (nSPS) is 22.4. The van der Waals surface area contributed by atoms with Gasteiger partial charge in [-0.1, -0.05) is 199 Å². The second-order valence-electron chi connectivity index (χ2n) is 12.3. The van der Waals surface area contributed by atoms with E-state index in [1.165, 1.54) is 15.6 Å². The SMILES string of the molecule is C1=CCC([Si](C2=CC([Si](c3ccccc3)(c3ccccc3)c3ccccc3)CC=C2)(c2ccccc2)C2C=CC=CC2)C=C1. The molecule has 0 N–H and O–H groups in total. The fourth-order valence-electron chi connectivity index (χ4n) is 8.35. The van der Waals surface area contributed by atoms with Crippen LogP contribution in [-0.4, -0.2) is 16.1 Å². The average molecular weight is 601 g/mol. The summed E-state index contributed by atoms with van der Waals surface area (Å²) in [7, 11) is -4.89. The summed E-state index contributed by atoms with van der Waals surface area (Å²) < 4.78 is 0. The van der Waals surface area contributed by atoms with Crippen molar-refractivity contribution in [3.63, 3.8) is 0 Å². The molecule has 4 aromatic carbocycles. The Morgan fingerprint density at radius 1 is 0.409 bits per heavy atom. The Balaban J connectivity index is 1.52. The molecule has 3 atom stereocenters. The van der Waals surface area contributed by atoms with Crippen molar-refractivity contribution in [2.75, 3.05) is 0 Å². The van der Waals surface area contributed by atoms with Gasteiger partial charge in [0.1, 0.15) is 8.07 Å². The van der Waals surface area contributed by atoms with Gasteiger partial charge in [0.15, 0.2) is 8.07 Å². The van der Waals surface area contributed by atoms with Gasteiger partial charge in [0, 0.05) is 0 Å². The van der Waals surface area contributed by atoms with E-state index in [0.29, 0.717) is 16.6 Å². The number of hydrogen-bond donors (Lipinski definition) is 0. The fourth-order valence-corrected chi connectivity index (χ4v) is 19.9. The van der Waals surface area contributed by atoms with Crippen LogP contribution in [0.4, 0.5) is 0 Å². The summed E-state index contributed by atoms with van der Waals surface area (Å²) in [5.74, 6) is 0. The van der Waals surface area contributed by atoms with Gasteiger partial charge in [-0.05, 0) is 51.4 Å². The zero-order valence-corrected chi connectivity index (χ0v) is 27.3. The van der Waals surface area contributed by atoms with Crippen molar-refractivity contribution in [2.24, 2.45) is 0 Å². The van der Waals surface area contributed by atoms with Gasteiger partial charge in [0.2, 0.25) is 0 Å². The molecule has 0 saturated heterocycles. The van der Waals surface area contributed by atoms with E-state index in [0.717, 1.165) is 19.3 Å². The molecule has 0 aromatic heterocycles. The molecular weight excluding hydrogens is 561 g/mol. The van der Waals surface area contributed by atoms with E-state index >= 15 is 0 Å². The first-order chi connectivity index (χ1) is 21.8. The van der Waals surface area contributed by atoms with Crippen molar-refractivity contribution < 1.29 is 0 Å². The molecule has 0 nitrogen and oxygen atoms in total. The zero-order valence-electron chi connectivity index (χ0n) is 25.3. The summed E-state index contributed by atoms with van der Waals surface area (Å²) in [5, 5.41) is 7.62. The first-order valence-electron chi connectivity index (χ1n) is 16.1. The molecule has 0 heterocycles. The summed E-state index contributed by atoms with van der Waals surface area (Å²) >= 11 is 0. The Hall–Kier alpha value is -4.25. The molecule has 0 fully saturated rings. The minimum Gasteiger partial charge on any atom is -0.0843 e. The molecule has 216 valence electrons. The van der Waals surface area contributed by atoms with Gasteiger partial charge in [-0.3, -0.25) is 0 Å². The molecule has 3 unspecified atom stereocenters. The highest BCUT2D eigenvalue weighted by atomic mass is 28.3. The molecule has 7 rings (SSSR count). The Labute approximate surface area is 265 Å². The van der Waals surface area contributed by atoms with Crippen molar-refractivity contribution >= 4 is 36.9 Å². The summed E-state index contributed by atoms with van der Waals surface area (Å²) in [5.41, 5.74) is 1.37. The molecule has 0 bridgehead atoms. The minimum atomic E-state index is -2.51. The monoisotopic (exact) mass is 600 g/mol. The smallest absolute Gasteiger partial charge is 0.0843 e. The minimum absolute atomic E-state index is 0.386. The van der Waals surface area contributed by atoms with Gasteiger partial charge in [0.05, 0.1) is 0 Å². The van der Waals surface area contributed by atoms with Crippen LogP contribution < -0.4 is 20.7 Å². The molecule has 4 aromatic rings. The van der Waals surface area contributed by atoms with E-state index in [-0.39, 0.29) is 0 Å². The van der Waals surface area contributed by atoms with Crippen LogP contribution in [0.15, 0.2) is 193 Å². The molecule has 44 heavy (non-hydrogen) atoms. The highest BCUT2D eigenvalue weighted by Crippen LogP contribution is 2.49. The van der Waals surface area contributed by atoms with Crippen LogP contribution in [0.3, 0.4) is 0 Å². The Morgan fingerprint density at radius 2 is 0.818 bits per heavy atom. The van der Waals surface area contributed by atoms with Gasteiger partial charge in [-0.25, -0.2) is 0 Å². The fraction of sp³-hybridized carbons (Fsp3) is 0.143. The second-order valence-corrected chi connectivity index (χ2v) is 20.8. The predicted octanol–water partition coefficient (Wildman–Crippen LogP) is 8.08. The molecule has 2 heteroatoms. The predicted molar refractivity (Wildman–Crippen MR) is 195 cm³/mol. The van der Waals surface area contributed by atoms with Gasteiger partial charge in [0.25, 0.3) is 0 Å². The van der Waals surface area contributed by atoms with E-state index in [4.69, 9.17) is 0 Å². The summed E-state index contributed by atoms with van der Waals surface area (Å²) in [4.78, 5) is 0. The number of hydrogen-bond acceptors (Lipinski definition) is 0. The van der Waals surface area contributed by atoms with Crippen molar-refractivity contribution in [1.29, 1.82) is 0 Å². The van der Waals surface area contributed by atoms with Crippen molar-refractivity contribution in [2.45, 2.75) is 35.9 Å². The standard InChI is InChI=1S/C42H40Si2/c1-7-20-35(21-8-1)43(36-22-9-2-10-23-36,37-24-11-3-12-25-37)41-32-19-33-42(34-41)44(38-26-13-4-14-27-38,39-28-15-5-16-29-39)40-30-17-6-18-31-40/h1-28,30,33-34,39-41H,29,31-32H2. The van der Waals surface area contributed by atoms with Crippen LogP contribution in [0.25, 0.3) is 0 Å². The number of allylic oxidation sites excluding steroid dienone is 12. The Kier molecular flexibility index (Phi) is 8.28. The van der Waals surface area contributed by atoms with Gasteiger partial charge in [-0.2, -0.15) is 0 Å². The Bertz CT molecular complexity index is 1600. The van der Waals surface area contributed by atoms with E-state index in [9.17, 15) is 0 Å². The van der Waals surface area contributed by atoms with Crippen LogP contribution in [0.2, 0.25) is 16.6 Å². The van der Waals surface area contributed by atoms with Crippen LogP contribution >= 0.6 is 0 Å². The van der Waals surface area contributed by atoms with Crippen LogP contribution in [0.1, 0.15) is 19.3 Å². The molecule has 0 saturated carbocycles. The van der Waals surface area contributed by atoms with E-state index in [2.05, 4.69) is 188 Å². The van der Waals surface area contributed by atoms with Crippen LogP contribution in [0, 0.1) is 0 Å². The van der Waals surface area contributed by atoms with E-state index < -0.39 is 16.1 Å². The molecular formula is C42H40Si2. The first kappa shape index (κ1) is 28.5. The molecule has 3 aliphatic rings. The average Bonchev–Trinajstić information content (AvgIpc) is 3.12. The maximum Gasteiger partial charge on any atom is 0.155 e. The van der Waals surface area contributed by atoms with Crippen molar-refractivity contribution in [3.8, 4) is 0 Å². The summed E-state index contributed by atoms with van der Waals surface area (Å²) in [6.07, 6.45) is 30.1. The van der Waals surface area contributed by atoms with Crippen molar-refractivity contribution in [1.82, 2.24) is 0 Å². The summed E-state index contributed by atoms with van der Waals surface area (Å²) in [6.45, 7) is 0. The highest BCUT2D eigenvalue weighted by molar-refractivity contribution is 7.13. The maximum atomic E-state index is 2.80. The maximum absolute atomic E-state index is 2.80. The lowest BCUT2D eigenvalue weighted by molar-refractivity contribution is 0.893. The van der Waals surface area contributed by atoms with Crippen molar-refractivity contribution in [3.05, 3.63) is 193 Å². The largest absolute Gasteiger partial charge is 0.155 e. The van der Waals surface area contributed by atoms with Crippen LogP contribution in [0.5, 0.6) is 0 Å². The summed E-state index contributed by atoms with van der Waals surface area (Å²) in [6, 6.07) is 46.0. The third-order valence-electron chi connectivity index (χ3n) is 10.2.